The van der Waals surface area contributed by atoms with E-state index in [0.717, 1.165) is 15.7 Å². The molecule has 0 saturated carbocycles. The first-order chi connectivity index (χ1) is 10.1. The maximum Gasteiger partial charge on any atom is 0.340 e. The lowest BCUT2D eigenvalue weighted by molar-refractivity contribution is 0.0602. The van der Waals surface area contributed by atoms with E-state index >= 15 is 0 Å². The first kappa shape index (κ1) is 13.6. The molecule has 0 aliphatic carbocycles. The molecule has 2 heterocycles. The SMILES string of the molecule is COC(=O)c1cnc(N)c2[nH]c(-c3ccccc3)c(Br)c12. The number of H-pyrrole nitrogens is 1. The van der Waals surface area contributed by atoms with Crippen LogP contribution in [0.2, 0.25) is 0 Å². The minimum atomic E-state index is -0.452. The highest BCUT2D eigenvalue weighted by atomic mass is 79.9. The number of rotatable bonds is 2. The van der Waals surface area contributed by atoms with Crippen LogP contribution >= 0.6 is 15.9 Å². The number of carbonyl (C=O) groups is 1. The summed E-state index contributed by atoms with van der Waals surface area (Å²) in [7, 11) is 1.34. The van der Waals surface area contributed by atoms with Crippen LogP contribution in [0.3, 0.4) is 0 Å². The summed E-state index contributed by atoms with van der Waals surface area (Å²) >= 11 is 3.55. The highest BCUT2D eigenvalue weighted by Gasteiger charge is 2.20. The molecule has 0 fully saturated rings. The summed E-state index contributed by atoms with van der Waals surface area (Å²) in [6, 6.07) is 9.76. The van der Waals surface area contributed by atoms with Gasteiger partial charge < -0.3 is 15.5 Å². The number of methoxy groups -OCH3 is 1. The summed E-state index contributed by atoms with van der Waals surface area (Å²) in [5.41, 5.74) is 8.72. The van der Waals surface area contributed by atoms with Crippen molar-refractivity contribution < 1.29 is 9.53 Å². The fourth-order valence-electron chi connectivity index (χ4n) is 2.25. The van der Waals surface area contributed by atoms with E-state index in [2.05, 4.69) is 25.9 Å². The Hall–Kier alpha value is -2.34. The Kier molecular flexibility index (Phi) is 3.39. The topological polar surface area (TPSA) is 81.0 Å². The second-order valence-electron chi connectivity index (χ2n) is 4.48. The number of anilines is 1. The van der Waals surface area contributed by atoms with Gasteiger partial charge in [-0.1, -0.05) is 30.3 Å². The van der Waals surface area contributed by atoms with Gasteiger partial charge in [-0.25, -0.2) is 9.78 Å². The van der Waals surface area contributed by atoms with Crippen molar-refractivity contribution in [1.29, 1.82) is 0 Å². The summed E-state index contributed by atoms with van der Waals surface area (Å²) in [4.78, 5) is 19.2. The molecule has 0 spiro atoms. The molecule has 3 N–H and O–H groups in total. The minimum Gasteiger partial charge on any atom is -0.465 e. The van der Waals surface area contributed by atoms with Gasteiger partial charge in [0.25, 0.3) is 0 Å². The predicted octanol–water partition coefficient (Wildman–Crippen LogP) is 3.36. The fraction of sp³-hybridized carbons (Fsp3) is 0.0667. The highest BCUT2D eigenvalue weighted by Crippen LogP contribution is 2.38. The summed E-state index contributed by atoms with van der Waals surface area (Å²) < 4.78 is 5.56. The van der Waals surface area contributed by atoms with Gasteiger partial charge in [0, 0.05) is 11.6 Å². The van der Waals surface area contributed by atoms with Gasteiger partial charge in [0.1, 0.15) is 5.82 Å². The third-order valence-corrected chi connectivity index (χ3v) is 4.06. The molecule has 6 heteroatoms. The third kappa shape index (κ3) is 2.17. The van der Waals surface area contributed by atoms with Crippen LogP contribution in [0.25, 0.3) is 22.2 Å². The Morgan fingerprint density at radius 2 is 2.05 bits per heavy atom. The number of nitrogen functional groups attached to an aromatic ring is 1. The Bertz CT molecular complexity index is 828. The number of aromatic amines is 1. The number of nitrogens with one attached hydrogen (secondary N) is 1. The number of pyridine rings is 1. The summed E-state index contributed by atoms with van der Waals surface area (Å²) in [5, 5.41) is 0.674. The van der Waals surface area contributed by atoms with Crippen LogP contribution in [-0.2, 0) is 4.74 Å². The van der Waals surface area contributed by atoms with Crippen molar-refractivity contribution in [2.45, 2.75) is 0 Å². The minimum absolute atomic E-state index is 0.334. The lowest BCUT2D eigenvalue weighted by Crippen LogP contribution is -2.04. The smallest absolute Gasteiger partial charge is 0.340 e. The van der Waals surface area contributed by atoms with Gasteiger partial charge in [-0.05, 0) is 21.5 Å². The number of halogens is 1. The Labute approximate surface area is 129 Å². The Morgan fingerprint density at radius 1 is 1.33 bits per heavy atom. The number of benzene rings is 1. The molecular weight excluding hydrogens is 334 g/mol. The summed E-state index contributed by atoms with van der Waals surface area (Å²) in [6.45, 7) is 0. The molecular formula is C15H12BrN3O2. The summed E-state index contributed by atoms with van der Waals surface area (Å²) in [6.07, 6.45) is 1.43. The number of nitrogens with zero attached hydrogens (tertiary/aromatic N) is 1. The number of ether oxygens (including phenoxy) is 1. The number of aromatic nitrogens is 2. The molecule has 0 unspecified atom stereocenters. The van der Waals surface area contributed by atoms with E-state index in [4.69, 9.17) is 10.5 Å². The molecule has 0 radical (unpaired) electrons. The van der Waals surface area contributed by atoms with Crippen LogP contribution in [-0.4, -0.2) is 23.0 Å². The largest absolute Gasteiger partial charge is 0.465 e. The summed E-state index contributed by atoms with van der Waals surface area (Å²) in [5.74, 6) is -0.118. The van der Waals surface area contributed by atoms with Gasteiger partial charge in [0.05, 0.1) is 28.4 Å². The number of fused-ring (bicyclic) bond motifs is 1. The van der Waals surface area contributed by atoms with E-state index in [1.807, 2.05) is 30.3 Å². The highest BCUT2D eigenvalue weighted by molar-refractivity contribution is 9.10. The van der Waals surface area contributed by atoms with Crippen LogP contribution in [0.15, 0.2) is 41.0 Å². The Morgan fingerprint density at radius 3 is 2.71 bits per heavy atom. The van der Waals surface area contributed by atoms with Crippen molar-refractivity contribution in [2.24, 2.45) is 0 Å². The van der Waals surface area contributed by atoms with Gasteiger partial charge in [-0.15, -0.1) is 0 Å². The molecule has 0 bridgehead atoms. The molecule has 106 valence electrons. The molecule has 0 aliphatic heterocycles. The predicted molar refractivity (Wildman–Crippen MR) is 85.0 cm³/mol. The van der Waals surface area contributed by atoms with E-state index < -0.39 is 5.97 Å². The van der Waals surface area contributed by atoms with Gasteiger partial charge in [0.15, 0.2) is 0 Å². The van der Waals surface area contributed by atoms with Crippen molar-refractivity contribution in [3.8, 4) is 11.3 Å². The molecule has 21 heavy (non-hydrogen) atoms. The number of esters is 1. The normalized spacial score (nSPS) is 10.8. The van der Waals surface area contributed by atoms with Crippen molar-refractivity contribution in [3.05, 3.63) is 46.6 Å². The number of hydrogen-bond donors (Lipinski definition) is 2. The molecule has 0 amide bonds. The maximum atomic E-state index is 11.9. The van der Waals surface area contributed by atoms with Crippen LogP contribution in [0.1, 0.15) is 10.4 Å². The first-order valence-corrected chi connectivity index (χ1v) is 7.02. The van der Waals surface area contributed by atoms with Crippen molar-refractivity contribution in [3.63, 3.8) is 0 Å². The standard InChI is InChI=1S/C15H12BrN3O2/c1-21-15(20)9-7-18-14(17)13-10(9)11(16)12(19-13)8-5-3-2-4-6-8/h2-7,19H,1H3,(H2,17,18). The van der Waals surface area contributed by atoms with Gasteiger partial charge in [-0.2, -0.15) is 0 Å². The van der Waals surface area contributed by atoms with Crippen molar-refractivity contribution >= 4 is 38.6 Å². The first-order valence-electron chi connectivity index (χ1n) is 6.23. The zero-order valence-electron chi connectivity index (χ0n) is 11.2. The quantitative estimate of drug-likeness (QED) is 0.697. The van der Waals surface area contributed by atoms with Crippen LogP contribution in [0.4, 0.5) is 5.82 Å². The zero-order chi connectivity index (χ0) is 15.0. The van der Waals surface area contributed by atoms with E-state index in [1.165, 1.54) is 13.3 Å². The number of carbonyl (C=O) groups excluding carboxylic acids is 1. The average Bonchev–Trinajstić information content (AvgIpc) is 2.87. The lowest BCUT2D eigenvalue weighted by atomic mass is 10.1. The second kappa shape index (κ2) is 5.21. The fourth-order valence-corrected chi connectivity index (χ4v) is 2.99. The van der Waals surface area contributed by atoms with Crippen molar-refractivity contribution in [2.75, 3.05) is 12.8 Å². The van der Waals surface area contributed by atoms with Crippen LogP contribution in [0.5, 0.6) is 0 Å². The molecule has 3 rings (SSSR count). The van der Waals surface area contributed by atoms with Gasteiger partial charge >= 0.3 is 5.97 Å². The molecule has 2 aromatic heterocycles. The molecule has 0 aliphatic rings. The van der Waals surface area contributed by atoms with Crippen LogP contribution in [0, 0.1) is 0 Å². The van der Waals surface area contributed by atoms with Gasteiger partial charge in [-0.3, -0.25) is 0 Å². The Balaban J connectivity index is 2.34. The van der Waals surface area contributed by atoms with E-state index in [-0.39, 0.29) is 0 Å². The molecule has 0 saturated heterocycles. The zero-order valence-corrected chi connectivity index (χ0v) is 12.8. The molecule has 3 aromatic rings. The maximum absolute atomic E-state index is 11.9. The molecule has 1 aromatic carbocycles. The van der Waals surface area contributed by atoms with E-state index in [1.54, 1.807) is 0 Å². The van der Waals surface area contributed by atoms with Crippen LogP contribution < -0.4 is 5.73 Å². The van der Waals surface area contributed by atoms with E-state index in [0.29, 0.717) is 22.3 Å². The van der Waals surface area contributed by atoms with Crippen molar-refractivity contribution in [1.82, 2.24) is 9.97 Å². The monoisotopic (exact) mass is 345 g/mol. The lowest BCUT2D eigenvalue weighted by Gasteiger charge is -2.03. The van der Waals surface area contributed by atoms with Gasteiger partial charge in [0.2, 0.25) is 0 Å². The van der Waals surface area contributed by atoms with E-state index in [9.17, 15) is 4.79 Å². The average molecular weight is 346 g/mol. The number of nitrogens with two attached hydrogens (primary N) is 1. The molecule has 0 atom stereocenters. The second-order valence-corrected chi connectivity index (χ2v) is 5.27. The molecule has 5 nitrogen and oxygen atoms in total. The number of hydrogen-bond acceptors (Lipinski definition) is 4. The third-order valence-electron chi connectivity index (χ3n) is 3.26.